The van der Waals surface area contributed by atoms with Gasteiger partial charge in [0.05, 0.1) is 17.4 Å². The maximum absolute atomic E-state index is 12.4. The minimum Gasteiger partial charge on any atom is -0.444 e. The molecule has 2 aliphatic heterocycles. The number of hydrogen-bond donors (Lipinski definition) is 0. The smallest absolute Gasteiger partial charge is 0.410 e. The van der Waals surface area contributed by atoms with Crippen LogP contribution in [-0.4, -0.2) is 53.0 Å². The van der Waals surface area contributed by atoms with Crippen molar-refractivity contribution in [2.24, 2.45) is 0 Å². The Labute approximate surface area is 162 Å². The number of pyridine rings is 1. The van der Waals surface area contributed by atoms with Crippen LogP contribution in [0.15, 0.2) is 24.4 Å². The van der Waals surface area contributed by atoms with Crippen LogP contribution >= 0.6 is 0 Å². The zero-order valence-corrected chi connectivity index (χ0v) is 16.9. The van der Waals surface area contributed by atoms with Gasteiger partial charge >= 0.3 is 6.09 Å². The number of nitrogens with zero attached hydrogens (tertiary/aromatic N) is 2. The monoisotopic (exact) mass is 376 g/mol. The molecule has 3 heterocycles. The van der Waals surface area contributed by atoms with Crippen LogP contribution in [0.5, 0.6) is 0 Å². The van der Waals surface area contributed by atoms with Crippen molar-refractivity contribution in [3.8, 4) is 0 Å². The zero-order chi connectivity index (χ0) is 19.5. The predicted molar refractivity (Wildman–Crippen MR) is 102 cm³/mol. The molecule has 1 aromatic rings. The van der Waals surface area contributed by atoms with Gasteiger partial charge in [-0.3, -0.25) is 4.98 Å². The number of carbonyl (C=O) groups excluding carboxylic acids is 1. The highest BCUT2D eigenvalue weighted by Gasteiger charge is 2.45. The van der Waals surface area contributed by atoms with Crippen LogP contribution in [0.1, 0.15) is 65.2 Å². The summed E-state index contributed by atoms with van der Waals surface area (Å²) in [6.07, 6.45) is 4.93. The molecule has 2 fully saturated rings. The lowest BCUT2D eigenvalue weighted by Crippen LogP contribution is -2.53. The predicted octanol–water partition coefficient (Wildman–Crippen LogP) is 4.11. The van der Waals surface area contributed by atoms with E-state index in [2.05, 4.69) is 4.98 Å². The van der Waals surface area contributed by atoms with Gasteiger partial charge in [-0.25, -0.2) is 4.79 Å². The van der Waals surface area contributed by atoms with Gasteiger partial charge in [-0.1, -0.05) is 6.07 Å². The van der Waals surface area contributed by atoms with Crippen LogP contribution in [0, 0.1) is 0 Å². The third kappa shape index (κ3) is 5.20. The second-order valence-electron chi connectivity index (χ2n) is 8.53. The van der Waals surface area contributed by atoms with E-state index in [4.69, 9.17) is 14.2 Å². The van der Waals surface area contributed by atoms with E-state index in [1.165, 1.54) is 0 Å². The summed E-state index contributed by atoms with van der Waals surface area (Å²) in [6.45, 7) is 9.69. The number of amides is 1. The first-order valence-electron chi connectivity index (χ1n) is 9.98. The Balaban J connectivity index is 1.68. The molecular formula is C21H32N2O4. The fraction of sp³-hybridized carbons (Fsp3) is 0.714. The summed E-state index contributed by atoms with van der Waals surface area (Å²) < 4.78 is 18.1. The molecule has 27 heavy (non-hydrogen) atoms. The molecule has 3 rings (SSSR count). The second kappa shape index (κ2) is 8.15. The van der Waals surface area contributed by atoms with Crippen LogP contribution in [0.4, 0.5) is 4.79 Å². The summed E-state index contributed by atoms with van der Waals surface area (Å²) in [5.74, 6) is 0. The molecule has 2 saturated heterocycles. The molecule has 1 spiro atoms. The Bertz CT molecular complexity index is 621. The van der Waals surface area contributed by atoms with Crippen molar-refractivity contribution >= 4 is 6.09 Å². The van der Waals surface area contributed by atoms with E-state index in [0.29, 0.717) is 19.7 Å². The van der Waals surface area contributed by atoms with Crippen molar-refractivity contribution in [2.75, 3.05) is 19.7 Å². The maximum atomic E-state index is 12.4. The van der Waals surface area contributed by atoms with E-state index < -0.39 is 5.60 Å². The molecule has 0 bridgehead atoms. The van der Waals surface area contributed by atoms with E-state index in [-0.39, 0.29) is 23.9 Å². The Morgan fingerprint density at radius 1 is 1.33 bits per heavy atom. The van der Waals surface area contributed by atoms with Crippen molar-refractivity contribution in [1.82, 2.24) is 9.88 Å². The number of ether oxygens (including phenoxy) is 3. The first-order chi connectivity index (χ1) is 12.8. The highest BCUT2D eigenvalue weighted by Crippen LogP contribution is 2.43. The normalized spacial score (nSPS) is 25.4. The Morgan fingerprint density at radius 3 is 2.67 bits per heavy atom. The number of likely N-dealkylation sites (tertiary alicyclic amines) is 1. The van der Waals surface area contributed by atoms with Crippen molar-refractivity contribution in [1.29, 1.82) is 0 Å². The lowest BCUT2D eigenvalue weighted by molar-refractivity contribution is -0.192. The highest BCUT2D eigenvalue weighted by molar-refractivity contribution is 5.68. The molecule has 2 atom stereocenters. The van der Waals surface area contributed by atoms with Gasteiger partial charge in [0.15, 0.2) is 0 Å². The van der Waals surface area contributed by atoms with Crippen molar-refractivity contribution < 1.29 is 19.0 Å². The molecule has 2 unspecified atom stereocenters. The summed E-state index contributed by atoms with van der Waals surface area (Å²) in [7, 11) is 0. The molecule has 0 radical (unpaired) electrons. The Kier molecular flexibility index (Phi) is 6.06. The molecule has 0 aliphatic carbocycles. The summed E-state index contributed by atoms with van der Waals surface area (Å²) >= 11 is 0. The van der Waals surface area contributed by atoms with Gasteiger partial charge in [-0.15, -0.1) is 0 Å². The number of carbonyl (C=O) groups is 1. The first kappa shape index (κ1) is 20.1. The molecule has 150 valence electrons. The topological polar surface area (TPSA) is 60.9 Å². The number of aromatic nitrogens is 1. The maximum Gasteiger partial charge on any atom is 0.410 e. The van der Waals surface area contributed by atoms with Crippen LogP contribution in [0.2, 0.25) is 0 Å². The van der Waals surface area contributed by atoms with Crippen molar-refractivity contribution in [3.05, 3.63) is 30.1 Å². The van der Waals surface area contributed by atoms with E-state index in [0.717, 1.165) is 31.4 Å². The SMILES string of the molecule is CCOC1CC(c2ccccn2)OC2(CCN(C(=O)OC(C)(C)C)CC2)C1. The molecule has 0 saturated carbocycles. The first-order valence-corrected chi connectivity index (χ1v) is 9.98. The van der Waals surface area contributed by atoms with Gasteiger partial charge < -0.3 is 19.1 Å². The van der Waals surface area contributed by atoms with Gasteiger partial charge in [0, 0.05) is 38.7 Å². The molecule has 0 N–H and O–H groups in total. The lowest BCUT2D eigenvalue weighted by atomic mass is 9.81. The molecule has 1 aromatic heterocycles. The summed E-state index contributed by atoms with van der Waals surface area (Å²) in [4.78, 5) is 18.7. The molecular weight excluding hydrogens is 344 g/mol. The summed E-state index contributed by atoms with van der Waals surface area (Å²) in [6, 6.07) is 5.93. The van der Waals surface area contributed by atoms with Crippen LogP contribution in [0.3, 0.4) is 0 Å². The Morgan fingerprint density at radius 2 is 2.07 bits per heavy atom. The summed E-state index contributed by atoms with van der Waals surface area (Å²) in [5, 5.41) is 0. The zero-order valence-electron chi connectivity index (χ0n) is 16.9. The number of piperidine rings is 1. The standard InChI is InChI=1S/C21H32N2O4/c1-5-25-16-14-18(17-8-6-7-11-22-17)26-21(15-16)9-12-23(13-10-21)19(24)27-20(2,3)4/h6-8,11,16,18H,5,9-10,12-15H2,1-4H3. The van der Waals surface area contributed by atoms with E-state index in [1.807, 2.05) is 45.9 Å². The van der Waals surface area contributed by atoms with Crippen LogP contribution in [-0.2, 0) is 14.2 Å². The van der Waals surface area contributed by atoms with Gasteiger partial charge in [0.2, 0.25) is 0 Å². The van der Waals surface area contributed by atoms with Gasteiger partial charge in [0.1, 0.15) is 11.7 Å². The van der Waals surface area contributed by atoms with Crippen molar-refractivity contribution in [3.63, 3.8) is 0 Å². The van der Waals surface area contributed by atoms with Crippen LogP contribution < -0.4 is 0 Å². The van der Waals surface area contributed by atoms with E-state index >= 15 is 0 Å². The average Bonchev–Trinajstić information content (AvgIpc) is 2.61. The largest absolute Gasteiger partial charge is 0.444 e. The minimum atomic E-state index is -0.475. The molecule has 6 heteroatoms. The van der Waals surface area contributed by atoms with Gasteiger partial charge in [-0.05, 0) is 52.7 Å². The molecule has 6 nitrogen and oxygen atoms in total. The van der Waals surface area contributed by atoms with Gasteiger partial charge in [-0.2, -0.15) is 0 Å². The molecule has 2 aliphatic rings. The fourth-order valence-electron chi connectivity index (χ4n) is 3.99. The van der Waals surface area contributed by atoms with E-state index in [1.54, 1.807) is 11.1 Å². The highest BCUT2D eigenvalue weighted by atomic mass is 16.6. The Hall–Kier alpha value is -1.66. The number of hydrogen-bond acceptors (Lipinski definition) is 5. The van der Waals surface area contributed by atoms with Crippen molar-refractivity contribution in [2.45, 2.75) is 76.8 Å². The fourth-order valence-corrected chi connectivity index (χ4v) is 3.99. The average molecular weight is 376 g/mol. The number of rotatable bonds is 3. The quantitative estimate of drug-likeness (QED) is 0.794. The molecule has 1 amide bonds. The third-order valence-corrected chi connectivity index (χ3v) is 5.22. The third-order valence-electron chi connectivity index (χ3n) is 5.22. The summed E-state index contributed by atoms with van der Waals surface area (Å²) in [5.41, 5.74) is 0.215. The molecule has 0 aromatic carbocycles. The van der Waals surface area contributed by atoms with E-state index in [9.17, 15) is 4.79 Å². The lowest BCUT2D eigenvalue weighted by Gasteiger charge is -2.48. The minimum absolute atomic E-state index is 0.0652. The van der Waals surface area contributed by atoms with Gasteiger partial charge in [0.25, 0.3) is 0 Å². The van der Waals surface area contributed by atoms with Crippen LogP contribution in [0.25, 0.3) is 0 Å². The second-order valence-corrected chi connectivity index (χ2v) is 8.53.